The van der Waals surface area contributed by atoms with Crippen LogP contribution in [0.3, 0.4) is 0 Å². The summed E-state index contributed by atoms with van der Waals surface area (Å²) in [6.45, 7) is 1.91. The average molecular weight is 210 g/mol. The molecule has 1 amide bonds. The molecule has 1 aliphatic heterocycles. The van der Waals surface area contributed by atoms with E-state index in [2.05, 4.69) is 5.92 Å². The molecule has 1 fully saturated rings. The monoisotopic (exact) mass is 210 g/mol. The SMILES string of the molecule is C#CCN(C)C(=O)C1(CN)CCOCC1. The Hall–Kier alpha value is -1.05. The van der Waals surface area contributed by atoms with Crippen molar-refractivity contribution in [1.29, 1.82) is 0 Å². The van der Waals surface area contributed by atoms with E-state index in [1.807, 2.05) is 0 Å². The lowest BCUT2D eigenvalue weighted by atomic mass is 9.79. The maximum Gasteiger partial charge on any atom is 0.230 e. The quantitative estimate of drug-likeness (QED) is 0.658. The third kappa shape index (κ3) is 2.49. The Morgan fingerprint density at radius 1 is 1.60 bits per heavy atom. The van der Waals surface area contributed by atoms with Gasteiger partial charge in [0.2, 0.25) is 5.91 Å². The van der Waals surface area contributed by atoms with Crippen LogP contribution < -0.4 is 5.73 Å². The molecule has 0 unspecified atom stereocenters. The zero-order valence-electron chi connectivity index (χ0n) is 9.16. The molecule has 0 saturated carbocycles. The molecule has 1 aliphatic rings. The third-order valence-electron chi connectivity index (χ3n) is 2.97. The van der Waals surface area contributed by atoms with Crippen molar-refractivity contribution in [3.8, 4) is 12.3 Å². The van der Waals surface area contributed by atoms with E-state index in [9.17, 15) is 4.79 Å². The van der Waals surface area contributed by atoms with Gasteiger partial charge in [0.1, 0.15) is 0 Å². The van der Waals surface area contributed by atoms with Crippen LogP contribution in [0.25, 0.3) is 0 Å². The van der Waals surface area contributed by atoms with E-state index in [0.29, 0.717) is 39.1 Å². The molecule has 0 aromatic carbocycles. The molecule has 1 rings (SSSR count). The van der Waals surface area contributed by atoms with Crippen molar-refractivity contribution in [2.45, 2.75) is 12.8 Å². The average Bonchev–Trinajstić information content (AvgIpc) is 2.29. The lowest BCUT2D eigenvalue weighted by Crippen LogP contribution is -2.49. The largest absolute Gasteiger partial charge is 0.381 e. The Balaban J connectivity index is 2.72. The van der Waals surface area contributed by atoms with Crippen LogP contribution in [0.1, 0.15) is 12.8 Å². The number of terminal acetylenes is 1. The first-order valence-electron chi connectivity index (χ1n) is 5.13. The van der Waals surface area contributed by atoms with Crippen molar-refractivity contribution in [2.75, 3.05) is 33.4 Å². The van der Waals surface area contributed by atoms with Crippen molar-refractivity contribution >= 4 is 5.91 Å². The van der Waals surface area contributed by atoms with Gasteiger partial charge in [0.25, 0.3) is 0 Å². The number of hydrogen-bond donors (Lipinski definition) is 1. The van der Waals surface area contributed by atoms with E-state index in [1.165, 1.54) is 0 Å². The normalized spacial score (nSPS) is 19.3. The molecule has 0 atom stereocenters. The van der Waals surface area contributed by atoms with Crippen LogP contribution >= 0.6 is 0 Å². The highest BCUT2D eigenvalue weighted by Gasteiger charge is 2.40. The molecule has 0 aromatic rings. The fourth-order valence-electron chi connectivity index (χ4n) is 1.88. The molecule has 4 nitrogen and oxygen atoms in total. The minimum Gasteiger partial charge on any atom is -0.381 e. The predicted octanol–water partition coefficient (Wildman–Crippen LogP) is -0.167. The summed E-state index contributed by atoms with van der Waals surface area (Å²) in [7, 11) is 1.72. The zero-order valence-corrected chi connectivity index (χ0v) is 9.16. The van der Waals surface area contributed by atoms with E-state index in [-0.39, 0.29) is 5.91 Å². The molecular weight excluding hydrogens is 192 g/mol. The summed E-state index contributed by atoms with van der Waals surface area (Å²) in [6, 6.07) is 0. The molecule has 0 spiro atoms. The summed E-state index contributed by atoms with van der Waals surface area (Å²) in [5.41, 5.74) is 5.26. The van der Waals surface area contributed by atoms with Gasteiger partial charge in [-0.25, -0.2) is 0 Å². The second kappa shape index (κ2) is 5.15. The van der Waals surface area contributed by atoms with E-state index in [1.54, 1.807) is 11.9 Å². The van der Waals surface area contributed by atoms with Gasteiger partial charge in [-0.1, -0.05) is 5.92 Å². The van der Waals surface area contributed by atoms with Gasteiger partial charge in [0, 0.05) is 26.8 Å². The number of carbonyl (C=O) groups is 1. The van der Waals surface area contributed by atoms with E-state index >= 15 is 0 Å². The van der Waals surface area contributed by atoms with Crippen molar-refractivity contribution in [3.05, 3.63) is 0 Å². The van der Waals surface area contributed by atoms with E-state index < -0.39 is 5.41 Å². The highest BCUT2D eigenvalue weighted by atomic mass is 16.5. The van der Waals surface area contributed by atoms with Gasteiger partial charge in [0.05, 0.1) is 12.0 Å². The fourth-order valence-corrected chi connectivity index (χ4v) is 1.88. The van der Waals surface area contributed by atoms with Crippen LogP contribution in [0, 0.1) is 17.8 Å². The Morgan fingerprint density at radius 3 is 2.67 bits per heavy atom. The Kier molecular flexibility index (Phi) is 4.13. The first-order valence-corrected chi connectivity index (χ1v) is 5.13. The van der Waals surface area contributed by atoms with Crippen LogP contribution in [0.2, 0.25) is 0 Å². The number of nitrogens with two attached hydrogens (primary N) is 1. The maximum atomic E-state index is 12.1. The fraction of sp³-hybridized carbons (Fsp3) is 0.727. The maximum absolute atomic E-state index is 12.1. The highest BCUT2D eigenvalue weighted by molar-refractivity contribution is 5.83. The van der Waals surface area contributed by atoms with Gasteiger partial charge in [-0.3, -0.25) is 4.79 Å². The number of hydrogen-bond acceptors (Lipinski definition) is 3. The van der Waals surface area contributed by atoms with E-state index in [0.717, 1.165) is 0 Å². The Labute approximate surface area is 90.8 Å². The lowest BCUT2D eigenvalue weighted by Gasteiger charge is -2.37. The molecule has 0 bridgehead atoms. The summed E-state index contributed by atoms with van der Waals surface area (Å²) in [6.07, 6.45) is 6.56. The number of carbonyl (C=O) groups excluding carboxylic acids is 1. The van der Waals surface area contributed by atoms with Gasteiger partial charge in [-0.2, -0.15) is 0 Å². The van der Waals surface area contributed by atoms with Gasteiger partial charge in [0.15, 0.2) is 0 Å². The third-order valence-corrected chi connectivity index (χ3v) is 2.97. The van der Waals surface area contributed by atoms with Gasteiger partial charge in [-0.05, 0) is 12.8 Å². The van der Waals surface area contributed by atoms with E-state index in [4.69, 9.17) is 16.9 Å². The molecule has 1 heterocycles. The number of nitrogens with zero attached hydrogens (tertiary/aromatic N) is 1. The molecule has 0 aliphatic carbocycles. The predicted molar refractivity (Wildman–Crippen MR) is 58.0 cm³/mol. The number of amides is 1. The summed E-state index contributed by atoms with van der Waals surface area (Å²) < 4.78 is 5.25. The topological polar surface area (TPSA) is 55.6 Å². The Morgan fingerprint density at radius 2 is 2.20 bits per heavy atom. The van der Waals surface area contributed by atoms with Crippen molar-refractivity contribution < 1.29 is 9.53 Å². The van der Waals surface area contributed by atoms with Crippen LogP contribution in [-0.4, -0.2) is 44.2 Å². The molecular formula is C11H18N2O2. The molecule has 84 valence electrons. The summed E-state index contributed by atoms with van der Waals surface area (Å²) in [4.78, 5) is 13.7. The van der Waals surface area contributed by atoms with Gasteiger partial charge in [-0.15, -0.1) is 6.42 Å². The first kappa shape index (κ1) is 12.0. The van der Waals surface area contributed by atoms with Crippen LogP contribution in [0.4, 0.5) is 0 Å². The second-order valence-corrected chi connectivity index (χ2v) is 3.96. The zero-order chi connectivity index (χ0) is 11.3. The summed E-state index contributed by atoms with van der Waals surface area (Å²) in [5, 5.41) is 0. The number of rotatable bonds is 3. The number of ether oxygens (including phenoxy) is 1. The minimum absolute atomic E-state index is 0.0475. The summed E-state index contributed by atoms with van der Waals surface area (Å²) in [5.74, 6) is 2.51. The minimum atomic E-state index is -0.455. The lowest BCUT2D eigenvalue weighted by molar-refractivity contribution is -0.145. The highest BCUT2D eigenvalue weighted by Crippen LogP contribution is 2.31. The molecule has 1 saturated heterocycles. The van der Waals surface area contributed by atoms with Crippen LogP contribution in [0.15, 0.2) is 0 Å². The van der Waals surface area contributed by atoms with Crippen molar-refractivity contribution in [3.63, 3.8) is 0 Å². The summed E-state index contributed by atoms with van der Waals surface area (Å²) >= 11 is 0. The Bertz CT molecular complexity index is 264. The molecule has 0 aromatic heterocycles. The molecule has 0 radical (unpaired) electrons. The molecule has 4 heteroatoms. The standard InChI is InChI=1S/C11H18N2O2/c1-3-6-13(2)10(14)11(9-12)4-7-15-8-5-11/h1H,4-9,12H2,2H3. The van der Waals surface area contributed by atoms with Gasteiger partial charge < -0.3 is 15.4 Å². The molecule has 2 N–H and O–H groups in total. The molecule has 15 heavy (non-hydrogen) atoms. The van der Waals surface area contributed by atoms with Crippen LogP contribution in [-0.2, 0) is 9.53 Å². The van der Waals surface area contributed by atoms with Crippen molar-refractivity contribution in [1.82, 2.24) is 4.90 Å². The van der Waals surface area contributed by atoms with Gasteiger partial charge >= 0.3 is 0 Å². The van der Waals surface area contributed by atoms with Crippen molar-refractivity contribution in [2.24, 2.45) is 11.1 Å². The smallest absolute Gasteiger partial charge is 0.230 e. The second-order valence-electron chi connectivity index (χ2n) is 3.96. The van der Waals surface area contributed by atoms with Crippen LogP contribution in [0.5, 0.6) is 0 Å². The first-order chi connectivity index (χ1) is 7.16.